The second-order valence-electron chi connectivity index (χ2n) is 3.07. The molecule has 0 radical (unpaired) electrons. The minimum absolute atomic E-state index is 0.00649. The summed E-state index contributed by atoms with van der Waals surface area (Å²) in [5.41, 5.74) is 0. The summed E-state index contributed by atoms with van der Waals surface area (Å²) in [6.45, 7) is 0. The first-order valence-electron chi connectivity index (χ1n) is 5.12. The highest BCUT2D eigenvalue weighted by Gasteiger charge is 2.13. The molecule has 0 N–H and O–H groups in total. The van der Waals surface area contributed by atoms with Crippen molar-refractivity contribution in [2.24, 2.45) is 0 Å². The van der Waals surface area contributed by atoms with Gasteiger partial charge in [-0.2, -0.15) is 9.97 Å². The number of aromatic nitrogens is 6. The van der Waals surface area contributed by atoms with Gasteiger partial charge in [-0.05, 0) is 11.6 Å². The van der Waals surface area contributed by atoms with Crippen LogP contribution in [0.5, 0.6) is 30.1 Å². The molecule has 0 unspecified atom stereocenters. The fourth-order valence-corrected chi connectivity index (χ4v) is 1.23. The highest BCUT2D eigenvalue weighted by molar-refractivity contribution is 6.28. The van der Waals surface area contributed by atoms with Gasteiger partial charge in [-0.25, -0.2) is 0 Å². The molecule has 0 saturated carbocycles. The van der Waals surface area contributed by atoms with Gasteiger partial charge >= 0.3 is 30.1 Å². The van der Waals surface area contributed by atoms with Gasteiger partial charge in [-0.3, -0.25) is 0 Å². The first kappa shape index (κ1) is 13.9. The number of halogens is 1. The van der Waals surface area contributed by atoms with Gasteiger partial charge in [0.2, 0.25) is 5.28 Å². The van der Waals surface area contributed by atoms with Gasteiger partial charge in [-0.1, -0.05) is 0 Å². The van der Waals surface area contributed by atoms with Crippen LogP contribution in [0, 0.1) is 0 Å². The van der Waals surface area contributed by atoms with Crippen LogP contribution >= 0.6 is 11.6 Å². The topological polar surface area (TPSA) is 114 Å². The molecule has 0 spiro atoms. The van der Waals surface area contributed by atoms with E-state index in [4.69, 9.17) is 30.5 Å². The summed E-state index contributed by atoms with van der Waals surface area (Å²) in [6, 6.07) is -0.249. The van der Waals surface area contributed by atoms with E-state index < -0.39 is 0 Å². The van der Waals surface area contributed by atoms with E-state index in [2.05, 4.69) is 29.9 Å². The minimum Gasteiger partial charge on any atom is -0.467 e. The molecule has 0 aromatic carbocycles. The van der Waals surface area contributed by atoms with Crippen molar-refractivity contribution < 1.29 is 18.9 Å². The number of hydrogen-bond acceptors (Lipinski definition) is 10. The largest absolute Gasteiger partial charge is 0.467 e. The van der Waals surface area contributed by atoms with Crippen molar-refractivity contribution in [1.29, 1.82) is 0 Å². The average Bonchev–Trinajstić information content (AvgIpc) is 2.46. The highest BCUT2D eigenvalue weighted by atomic mass is 35.5. The van der Waals surface area contributed by atoms with Gasteiger partial charge in [0.25, 0.3) is 0 Å². The lowest BCUT2D eigenvalue weighted by Crippen LogP contribution is -2.04. The van der Waals surface area contributed by atoms with E-state index in [0.717, 1.165) is 0 Å². The molecule has 0 aliphatic carbocycles. The van der Waals surface area contributed by atoms with Gasteiger partial charge in [0.1, 0.15) is 0 Å². The van der Waals surface area contributed by atoms with Crippen LogP contribution in [0.3, 0.4) is 0 Å². The van der Waals surface area contributed by atoms with E-state index in [1.54, 1.807) is 0 Å². The van der Waals surface area contributed by atoms with Crippen molar-refractivity contribution in [3.05, 3.63) is 5.28 Å². The lowest BCUT2D eigenvalue weighted by atomic mass is 10.9. The SMILES string of the molecule is COc1nc(Cl)nc(Oc2nc(OC)nc(OC)n2)n1. The maximum absolute atomic E-state index is 5.69. The van der Waals surface area contributed by atoms with E-state index in [0.29, 0.717) is 0 Å². The van der Waals surface area contributed by atoms with Crippen molar-refractivity contribution in [2.75, 3.05) is 21.3 Å². The molecule has 106 valence electrons. The zero-order chi connectivity index (χ0) is 14.5. The van der Waals surface area contributed by atoms with Gasteiger partial charge in [0.15, 0.2) is 0 Å². The summed E-state index contributed by atoms with van der Waals surface area (Å²) in [4.78, 5) is 22.8. The zero-order valence-electron chi connectivity index (χ0n) is 10.7. The maximum atomic E-state index is 5.69. The summed E-state index contributed by atoms with van der Waals surface area (Å²) in [6.07, 6.45) is 0. The monoisotopic (exact) mass is 300 g/mol. The third-order valence-electron chi connectivity index (χ3n) is 1.87. The van der Waals surface area contributed by atoms with Crippen LogP contribution in [-0.2, 0) is 0 Å². The molecule has 0 bridgehead atoms. The van der Waals surface area contributed by atoms with Gasteiger partial charge < -0.3 is 18.9 Å². The molecule has 0 atom stereocenters. The molecule has 0 fully saturated rings. The third-order valence-corrected chi connectivity index (χ3v) is 2.04. The highest BCUT2D eigenvalue weighted by Crippen LogP contribution is 2.20. The number of rotatable bonds is 5. The third kappa shape index (κ3) is 3.29. The second kappa shape index (κ2) is 6.10. The van der Waals surface area contributed by atoms with E-state index >= 15 is 0 Å². The van der Waals surface area contributed by atoms with Crippen LogP contribution in [0.4, 0.5) is 0 Å². The Morgan fingerprint density at radius 2 is 0.950 bits per heavy atom. The Morgan fingerprint density at radius 3 is 1.45 bits per heavy atom. The van der Waals surface area contributed by atoms with Crippen LogP contribution in [0.1, 0.15) is 0 Å². The Hall–Kier alpha value is -2.49. The first-order chi connectivity index (χ1) is 9.64. The molecule has 11 heteroatoms. The lowest BCUT2D eigenvalue weighted by Gasteiger charge is -2.05. The quantitative estimate of drug-likeness (QED) is 0.774. The van der Waals surface area contributed by atoms with Crippen LogP contribution in [0.15, 0.2) is 0 Å². The predicted octanol–water partition coefficient (Wildman–Crippen LogP) is 0.528. The Bertz CT molecular complexity index is 591. The summed E-state index contributed by atoms with van der Waals surface area (Å²) in [7, 11) is 4.16. The smallest absolute Gasteiger partial charge is 0.333 e. The Labute approximate surface area is 118 Å². The van der Waals surface area contributed by atoms with E-state index in [1.165, 1.54) is 21.3 Å². The van der Waals surface area contributed by atoms with Crippen molar-refractivity contribution in [3.8, 4) is 30.1 Å². The number of nitrogens with zero attached hydrogens (tertiary/aromatic N) is 6. The van der Waals surface area contributed by atoms with Crippen LogP contribution < -0.4 is 18.9 Å². The molecule has 2 heterocycles. The van der Waals surface area contributed by atoms with Gasteiger partial charge in [0, 0.05) is 0 Å². The number of ether oxygens (including phenoxy) is 4. The lowest BCUT2D eigenvalue weighted by molar-refractivity contribution is 0.310. The number of hydrogen-bond donors (Lipinski definition) is 0. The Morgan fingerprint density at radius 1 is 0.600 bits per heavy atom. The maximum Gasteiger partial charge on any atom is 0.333 e. The second-order valence-corrected chi connectivity index (χ2v) is 3.41. The van der Waals surface area contributed by atoms with Crippen molar-refractivity contribution in [1.82, 2.24) is 29.9 Å². The number of methoxy groups -OCH3 is 3. The molecule has 0 saturated heterocycles. The summed E-state index contributed by atoms with van der Waals surface area (Å²) < 4.78 is 19.8. The van der Waals surface area contributed by atoms with Crippen molar-refractivity contribution in [3.63, 3.8) is 0 Å². The van der Waals surface area contributed by atoms with Gasteiger partial charge in [0.05, 0.1) is 21.3 Å². The minimum atomic E-state index is -0.142. The Balaban J connectivity index is 2.31. The molecule has 2 rings (SSSR count). The summed E-state index contributed by atoms with van der Waals surface area (Å²) in [5.74, 6) is 0. The zero-order valence-corrected chi connectivity index (χ0v) is 11.5. The van der Waals surface area contributed by atoms with Gasteiger partial charge in [-0.15, -0.1) is 19.9 Å². The normalized spacial score (nSPS) is 10.0. The average molecular weight is 301 g/mol. The summed E-state index contributed by atoms with van der Waals surface area (Å²) >= 11 is 5.69. The van der Waals surface area contributed by atoms with Crippen molar-refractivity contribution >= 4 is 11.6 Å². The molecule has 20 heavy (non-hydrogen) atoms. The molecular formula is C9H9ClN6O4. The molecule has 0 aliphatic heterocycles. The molecule has 2 aromatic heterocycles. The standard InChI is InChI=1S/C9H9ClN6O4/c1-17-5-11-4(10)12-8(14-5)20-9-15-6(18-2)13-7(16-9)19-3/h1-3H3. The Kier molecular flexibility index (Phi) is 4.25. The van der Waals surface area contributed by atoms with Crippen LogP contribution in [0.2, 0.25) is 5.28 Å². The molecule has 10 nitrogen and oxygen atoms in total. The predicted molar refractivity (Wildman–Crippen MR) is 64.4 cm³/mol. The fraction of sp³-hybridized carbons (Fsp3) is 0.333. The molecular weight excluding hydrogens is 292 g/mol. The van der Waals surface area contributed by atoms with E-state index in [-0.39, 0.29) is 35.3 Å². The first-order valence-corrected chi connectivity index (χ1v) is 5.50. The summed E-state index contributed by atoms with van der Waals surface area (Å²) in [5, 5.41) is -0.0974. The molecule has 0 aliphatic rings. The van der Waals surface area contributed by atoms with Crippen LogP contribution in [-0.4, -0.2) is 51.2 Å². The van der Waals surface area contributed by atoms with E-state index in [1.807, 2.05) is 0 Å². The fourth-order valence-electron chi connectivity index (χ4n) is 1.08. The van der Waals surface area contributed by atoms with Crippen LogP contribution in [0.25, 0.3) is 0 Å². The molecule has 2 aromatic rings. The van der Waals surface area contributed by atoms with Crippen molar-refractivity contribution in [2.45, 2.75) is 0 Å². The van der Waals surface area contributed by atoms with E-state index in [9.17, 15) is 0 Å². The molecule has 0 amide bonds.